The van der Waals surface area contributed by atoms with Crippen LogP contribution in [0.15, 0.2) is 24.3 Å². The topological polar surface area (TPSA) is 38.3 Å². The summed E-state index contributed by atoms with van der Waals surface area (Å²) in [7, 11) is -0.828. The van der Waals surface area contributed by atoms with Gasteiger partial charge >= 0.3 is 0 Å². The van der Waals surface area contributed by atoms with E-state index in [9.17, 15) is 4.21 Å². The first-order chi connectivity index (χ1) is 8.19. The highest BCUT2D eigenvalue weighted by Crippen LogP contribution is 2.25. The first kappa shape index (κ1) is 14.2. The minimum atomic E-state index is -0.828. The third kappa shape index (κ3) is 4.48. The summed E-state index contributed by atoms with van der Waals surface area (Å²) >= 11 is 0. The summed E-state index contributed by atoms with van der Waals surface area (Å²) in [6.45, 7) is 5.51. The second kappa shape index (κ2) is 7.45. The maximum absolute atomic E-state index is 11.4. The molecule has 0 aliphatic carbocycles. The Morgan fingerprint density at radius 3 is 2.65 bits per heavy atom. The highest BCUT2D eigenvalue weighted by Gasteiger charge is 2.16. The van der Waals surface area contributed by atoms with Gasteiger partial charge in [-0.3, -0.25) is 4.21 Å². The molecule has 96 valence electrons. The Morgan fingerprint density at radius 2 is 2.06 bits per heavy atom. The molecule has 1 N–H and O–H groups in total. The third-order valence-electron chi connectivity index (χ3n) is 2.45. The zero-order valence-corrected chi connectivity index (χ0v) is 11.5. The maximum atomic E-state index is 11.4. The Balaban J connectivity index is 2.94. The van der Waals surface area contributed by atoms with Crippen LogP contribution in [0, 0.1) is 0 Å². The first-order valence-corrected chi connectivity index (χ1v) is 7.66. The van der Waals surface area contributed by atoms with Crippen LogP contribution in [0.1, 0.15) is 25.5 Å². The van der Waals surface area contributed by atoms with Crippen LogP contribution >= 0.6 is 0 Å². The van der Waals surface area contributed by atoms with Crippen molar-refractivity contribution in [2.45, 2.75) is 19.9 Å². The van der Waals surface area contributed by atoms with E-state index in [4.69, 9.17) is 4.74 Å². The highest BCUT2D eigenvalue weighted by molar-refractivity contribution is 7.84. The lowest BCUT2D eigenvalue weighted by Gasteiger charge is -2.20. The molecule has 0 radical (unpaired) electrons. The van der Waals surface area contributed by atoms with Gasteiger partial charge in [-0.15, -0.1) is 0 Å². The van der Waals surface area contributed by atoms with Crippen LogP contribution in [0.2, 0.25) is 0 Å². The average Bonchev–Trinajstić information content (AvgIpc) is 2.29. The van der Waals surface area contributed by atoms with Gasteiger partial charge in [-0.05, 0) is 19.5 Å². The molecule has 0 aliphatic rings. The Labute approximate surface area is 106 Å². The molecule has 0 fully saturated rings. The van der Waals surface area contributed by atoms with Gasteiger partial charge in [0.25, 0.3) is 0 Å². The number of nitrogens with one attached hydrogen (secondary N) is 1. The Bertz CT molecular complexity index is 368. The molecule has 0 heterocycles. The van der Waals surface area contributed by atoms with Gasteiger partial charge in [-0.2, -0.15) is 0 Å². The van der Waals surface area contributed by atoms with Crippen LogP contribution in [0.3, 0.4) is 0 Å². The lowest BCUT2D eigenvalue weighted by atomic mass is 10.1. The van der Waals surface area contributed by atoms with Gasteiger partial charge in [0.05, 0.1) is 6.61 Å². The van der Waals surface area contributed by atoms with Crippen LogP contribution in [0.4, 0.5) is 0 Å². The largest absolute Gasteiger partial charge is 0.494 e. The summed E-state index contributed by atoms with van der Waals surface area (Å²) in [5, 5.41) is 3.36. The predicted octanol–water partition coefficient (Wildman–Crippen LogP) is 2.11. The van der Waals surface area contributed by atoms with Crippen LogP contribution in [0.5, 0.6) is 5.75 Å². The summed E-state index contributed by atoms with van der Waals surface area (Å²) in [6, 6.07) is 8.03. The maximum Gasteiger partial charge on any atom is 0.124 e. The van der Waals surface area contributed by atoms with Crippen molar-refractivity contribution in [1.82, 2.24) is 5.32 Å². The fraction of sp³-hybridized carbons (Fsp3) is 0.538. The number of hydrogen-bond donors (Lipinski definition) is 1. The fourth-order valence-electron chi connectivity index (χ4n) is 1.80. The molecular formula is C13H21NO2S. The van der Waals surface area contributed by atoms with E-state index >= 15 is 0 Å². The Kier molecular flexibility index (Phi) is 6.22. The number of rotatable bonds is 7. The molecule has 0 amide bonds. The SMILES string of the molecule is CCNC(CS(C)=O)c1ccccc1OCC. The van der Waals surface area contributed by atoms with Gasteiger partial charge in [0.1, 0.15) is 5.75 Å². The molecule has 0 saturated carbocycles. The summed E-state index contributed by atoms with van der Waals surface area (Å²) in [5.74, 6) is 1.49. The molecule has 0 aromatic heterocycles. The van der Waals surface area contributed by atoms with Crippen molar-refractivity contribution in [3.8, 4) is 5.75 Å². The number of ether oxygens (including phenoxy) is 1. The molecule has 0 spiro atoms. The Hall–Kier alpha value is -0.870. The fourth-order valence-corrected chi connectivity index (χ4v) is 2.56. The summed E-state index contributed by atoms with van der Waals surface area (Å²) < 4.78 is 17.0. The van der Waals surface area contributed by atoms with Gasteiger partial charge < -0.3 is 10.1 Å². The predicted molar refractivity (Wildman–Crippen MR) is 73.0 cm³/mol. The van der Waals surface area contributed by atoms with Crippen molar-refractivity contribution in [1.29, 1.82) is 0 Å². The normalized spacial score (nSPS) is 14.3. The van der Waals surface area contributed by atoms with E-state index < -0.39 is 10.8 Å². The number of para-hydroxylation sites is 1. The first-order valence-electron chi connectivity index (χ1n) is 5.94. The smallest absolute Gasteiger partial charge is 0.124 e. The third-order valence-corrected chi connectivity index (χ3v) is 3.25. The van der Waals surface area contributed by atoms with Gasteiger partial charge in [0, 0.05) is 34.4 Å². The van der Waals surface area contributed by atoms with E-state index in [0.29, 0.717) is 12.4 Å². The molecule has 1 rings (SSSR count). The molecule has 0 saturated heterocycles. The molecular weight excluding hydrogens is 234 g/mol. The zero-order chi connectivity index (χ0) is 12.7. The number of benzene rings is 1. The second-order valence-corrected chi connectivity index (χ2v) is 5.30. The van der Waals surface area contributed by atoms with Crippen LogP contribution in [-0.4, -0.2) is 29.4 Å². The van der Waals surface area contributed by atoms with E-state index in [-0.39, 0.29) is 6.04 Å². The van der Waals surface area contributed by atoms with Crippen LogP contribution < -0.4 is 10.1 Å². The monoisotopic (exact) mass is 255 g/mol. The van der Waals surface area contributed by atoms with Gasteiger partial charge in [-0.1, -0.05) is 25.1 Å². The van der Waals surface area contributed by atoms with E-state index in [1.165, 1.54) is 0 Å². The van der Waals surface area contributed by atoms with Crippen molar-refractivity contribution in [3.63, 3.8) is 0 Å². The minimum absolute atomic E-state index is 0.0913. The molecule has 2 atom stereocenters. The molecule has 1 aromatic rings. The molecule has 0 bridgehead atoms. The Morgan fingerprint density at radius 1 is 1.35 bits per heavy atom. The molecule has 17 heavy (non-hydrogen) atoms. The number of hydrogen-bond acceptors (Lipinski definition) is 3. The molecule has 0 aliphatic heterocycles. The van der Waals surface area contributed by atoms with Crippen molar-refractivity contribution in [2.24, 2.45) is 0 Å². The average molecular weight is 255 g/mol. The quantitative estimate of drug-likeness (QED) is 0.811. The van der Waals surface area contributed by atoms with Crippen LogP contribution in [0.25, 0.3) is 0 Å². The molecule has 3 nitrogen and oxygen atoms in total. The van der Waals surface area contributed by atoms with Crippen molar-refractivity contribution in [2.75, 3.05) is 25.2 Å². The highest BCUT2D eigenvalue weighted by atomic mass is 32.2. The molecule has 1 aromatic carbocycles. The van der Waals surface area contributed by atoms with E-state index in [2.05, 4.69) is 12.2 Å². The summed E-state index contributed by atoms with van der Waals surface area (Å²) in [4.78, 5) is 0. The lowest BCUT2D eigenvalue weighted by molar-refractivity contribution is 0.333. The zero-order valence-electron chi connectivity index (χ0n) is 10.7. The van der Waals surface area contributed by atoms with E-state index in [1.807, 2.05) is 31.2 Å². The molecule has 2 unspecified atom stereocenters. The van der Waals surface area contributed by atoms with Crippen molar-refractivity contribution in [3.05, 3.63) is 29.8 Å². The lowest BCUT2D eigenvalue weighted by Crippen LogP contribution is -2.26. The summed E-state index contributed by atoms with van der Waals surface area (Å²) in [6.07, 6.45) is 1.73. The summed E-state index contributed by atoms with van der Waals surface area (Å²) in [5.41, 5.74) is 1.09. The second-order valence-electron chi connectivity index (χ2n) is 3.82. The van der Waals surface area contributed by atoms with E-state index in [1.54, 1.807) is 6.26 Å². The minimum Gasteiger partial charge on any atom is -0.494 e. The van der Waals surface area contributed by atoms with Crippen LogP contribution in [-0.2, 0) is 10.8 Å². The van der Waals surface area contributed by atoms with Crippen molar-refractivity contribution < 1.29 is 8.95 Å². The van der Waals surface area contributed by atoms with E-state index in [0.717, 1.165) is 17.9 Å². The van der Waals surface area contributed by atoms with Gasteiger partial charge in [0.15, 0.2) is 0 Å². The van der Waals surface area contributed by atoms with Gasteiger partial charge in [-0.25, -0.2) is 0 Å². The molecule has 4 heteroatoms. The standard InChI is InChI=1S/C13H21NO2S/c1-4-14-12(10-17(3)15)11-8-6-7-9-13(11)16-5-2/h6-9,12,14H,4-5,10H2,1-3H3. The van der Waals surface area contributed by atoms with Crippen molar-refractivity contribution >= 4 is 10.8 Å². The van der Waals surface area contributed by atoms with Gasteiger partial charge in [0.2, 0.25) is 0 Å².